The van der Waals surface area contributed by atoms with E-state index < -0.39 is 16.8 Å². The number of anilines is 1. The quantitative estimate of drug-likeness (QED) is 0.496. The van der Waals surface area contributed by atoms with Crippen molar-refractivity contribution >= 4 is 27.4 Å². The predicted octanol–water partition coefficient (Wildman–Crippen LogP) is 2.63. The van der Waals surface area contributed by atoms with Crippen molar-refractivity contribution in [3.8, 4) is 28.0 Å². The van der Waals surface area contributed by atoms with Crippen molar-refractivity contribution < 1.29 is 18.8 Å². The summed E-state index contributed by atoms with van der Waals surface area (Å²) in [6.45, 7) is 0. The first kappa shape index (κ1) is 23.2. The van der Waals surface area contributed by atoms with Crippen molar-refractivity contribution in [3.63, 3.8) is 0 Å². The lowest BCUT2D eigenvalue weighted by Crippen LogP contribution is -2.16. The molecule has 0 saturated heterocycles. The highest BCUT2D eigenvalue weighted by molar-refractivity contribution is 7.85. The van der Waals surface area contributed by atoms with Crippen LogP contribution < -0.4 is 15.0 Å². The van der Waals surface area contributed by atoms with Gasteiger partial charge in [0, 0.05) is 60.9 Å². The summed E-state index contributed by atoms with van der Waals surface area (Å²) < 4.78 is 37.4. The fraction of sp³-hybridized carbons (Fsp3) is 0.182. The molecule has 32 heavy (non-hydrogen) atoms. The molecule has 2 heterocycles. The minimum atomic E-state index is -1.46. The van der Waals surface area contributed by atoms with E-state index in [9.17, 15) is 13.4 Å². The Kier molecular flexibility index (Phi) is 6.47. The predicted molar refractivity (Wildman–Crippen MR) is 125 cm³/mol. The van der Waals surface area contributed by atoms with E-state index in [2.05, 4.69) is 9.82 Å². The Labute approximate surface area is 186 Å². The number of aromatic nitrogens is 3. The van der Waals surface area contributed by atoms with Crippen LogP contribution in [0.2, 0.25) is 0 Å². The van der Waals surface area contributed by atoms with Crippen molar-refractivity contribution in [2.75, 3.05) is 18.1 Å². The standard InChI is InChI=1S/C22H21FN4O3S.H2O/c1-26-12-18(17-8-20(25-31(4)29)19(23)9-21(17)30-3)16-7-13(5-6-15(16)22(26)28)14-10-24-27(2)11-14;/h5-12,25H,1-4H3;1H2. The molecule has 1 atom stereocenters. The molecular formula is C22H23FN4O4S. The molecule has 0 aliphatic carbocycles. The molecule has 0 bridgehead atoms. The van der Waals surface area contributed by atoms with E-state index in [-0.39, 0.29) is 16.7 Å². The van der Waals surface area contributed by atoms with Crippen LogP contribution in [0.3, 0.4) is 0 Å². The second-order valence-corrected chi connectivity index (χ2v) is 8.32. The third kappa shape index (κ3) is 4.14. The SMILES string of the molecule is COc1cc(F)c(NS(C)=O)cc1-c1cn(C)c(=O)c2ccc(-c3cnn(C)c3)cc12.O. The number of nitrogens with zero attached hydrogens (tertiary/aromatic N) is 3. The van der Waals surface area contributed by atoms with Crippen molar-refractivity contribution in [1.29, 1.82) is 0 Å². The molecular weight excluding hydrogens is 435 g/mol. The number of nitrogens with one attached hydrogen (secondary N) is 1. The zero-order valence-electron chi connectivity index (χ0n) is 18.0. The van der Waals surface area contributed by atoms with Gasteiger partial charge in [0.2, 0.25) is 0 Å². The minimum absolute atomic E-state index is 0. The lowest BCUT2D eigenvalue weighted by atomic mass is 9.96. The third-order valence-corrected chi connectivity index (χ3v) is 5.56. The normalized spacial score (nSPS) is 11.8. The van der Waals surface area contributed by atoms with Gasteiger partial charge in [-0.15, -0.1) is 0 Å². The van der Waals surface area contributed by atoms with Crippen LogP contribution in [0.1, 0.15) is 0 Å². The molecule has 4 aromatic rings. The van der Waals surface area contributed by atoms with Gasteiger partial charge in [-0.25, -0.2) is 8.60 Å². The fourth-order valence-electron chi connectivity index (χ4n) is 3.60. The molecule has 0 amide bonds. The van der Waals surface area contributed by atoms with Crippen LogP contribution in [0.5, 0.6) is 5.75 Å². The van der Waals surface area contributed by atoms with Gasteiger partial charge in [0.1, 0.15) is 16.7 Å². The highest BCUT2D eigenvalue weighted by Crippen LogP contribution is 2.38. The van der Waals surface area contributed by atoms with Crippen LogP contribution in [0.25, 0.3) is 33.0 Å². The summed E-state index contributed by atoms with van der Waals surface area (Å²) in [4.78, 5) is 12.8. The van der Waals surface area contributed by atoms with E-state index >= 15 is 0 Å². The van der Waals surface area contributed by atoms with E-state index in [1.165, 1.54) is 24.0 Å². The molecule has 2 aromatic heterocycles. The van der Waals surface area contributed by atoms with Crippen LogP contribution >= 0.6 is 0 Å². The topological polar surface area (TPSA) is 110 Å². The molecule has 168 valence electrons. The van der Waals surface area contributed by atoms with Gasteiger partial charge in [0.15, 0.2) is 5.82 Å². The van der Waals surface area contributed by atoms with Crippen LogP contribution in [-0.2, 0) is 25.1 Å². The van der Waals surface area contributed by atoms with Gasteiger partial charge in [-0.3, -0.25) is 9.48 Å². The Hall–Kier alpha value is -3.50. The van der Waals surface area contributed by atoms with E-state index in [1.54, 1.807) is 36.3 Å². The lowest BCUT2D eigenvalue weighted by Gasteiger charge is -2.16. The Balaban J connectivity index is 0.00000289. The van der Waals surface area contributed by atoms with E-state index in [0.717, 1.165) is 11.1 Å². The van der Waals surface area contributed by atoms with Crippen LogP contribution in [0.15, 0.2) is 53.7 Å². The van der Waals surface area contributed by atoms with Gasteiger partial charge in [-0.1, -0.05) is 6.07 Å². The van der Waals surface area contributed by atoms with Crippen molar-refractivity contribution in [2.24, 2.45) is 14.1 Å². The summed E-state index contributed by atoms with van der Waals surface area (Å²) in [5.74, 6) is -0.280. The summed E-state index contributed by atoms with van der Waals surface area (Å²) in [5.41, 5.74) is 2.99. The Morgan fingerprint density at radius 2 is 1.81 bits per heavy atom. The average molecular weight is 459 g/mol. The van der Waals surface area contributed by atoms with Crippen molar-refractivity contribution in [1.82, 2.24) is 14.3 Å². The fourth-order valence-corrected chi connectivity index (χ4v) is 4.06. The highest BCUT2D eigenvalue weighted by Gasteiger charge is 2.18. The van der Waals surface area contributed by atoms with Crippen molar-refractivity contribution in [3.05, 3.63) is 65.1 Å². The number of halogens is 1. The molecule has 2 aromatic carbocycles. The Morgan fingerprint density at radius 3 is 2.44 bits per heavy atom. The first-order valence-electron chi connectivity index (χ1n) is 9.39. The molecule has 0 spiro atoms. The zero-order valence-corrected chi connectivity index (χ0v) is 18.8. The average Bonchev–Trinajstić information content (AvgIpc) is 3.17. The summed E-state index contributed by atoms with van der Waals surface area (Å²) in [5, 5.41) is 5.43. The molecule has 8 nitrogen and oxygen atoms in total. The summed E-state index contributed by atoms with van der Waals surface area (Å²) in [6.07, 6.45) is 6.75. The largest absolute Gasteiger partial charge is 0.496 e. The third-order valence-electron chi connectivity index (χ3n) is 5.05. The smallest absolute Gasteiger partial charge is 0.258 e. The van der Waals surface area contributed by atoms with Gasteiger partial charge >= 0.3 is 0 Å². The Bertz CT molecular complexity index is 1400. The zero-order chi connectivity index (χ0) is 22.3. The number of benzene rings is 2. The van der Waals surface area contributed by atoms with Crippen molar-refractivity contribution in [2.45, 2.75) is 0 Å². The van der Waals surface area contributed by atoms with Gasteiger partial charge in [0.25, 0.3) is 5.56 Å². The molecule has 0 aliphatic rings. The minimum Gasteiger partial charge on any atom is -0.496 e. The maximum Gasteiger partial charge on any atom is 0.258 e. The van der Waals surface area contributed by atoms with Crippen LogP contribution in [-0.4, -0.2) is 37.4 Å². The number of aryl methyl sites for hydroxylation is 2. The Morgan fingerprint density at radius 1 is 1.06 bits per heavy atom. The first-order valence-corrected chi connectivity index (χ1v) is 10.9. The number of methoxy groups -OCH3 is 1. The molecule has 0 radical (unpaired) electrons. The van der Waals surface area contributed by atoms with E-state index in [0.29, 0.717) is 27.6 Å². The second kappa shape index (κ2) is 8.93. The van der Waals surface area contributed by atoms with Gasteiger partial charge < -0.3 is 19.5 Å². The molecule has 0 fully saturated rings. The van der Waals surface area contributed by atoms with E-state index in [4.69, 9.17) is 4.74 Å². The number of pyridine rings is 1. The van der Waals surface area contributed by atoms with Gasteiger partial charge in [-0.2, -0.15) is 5.10 Å². The molecule has 4 rings (SSSR count). The van der Waals surface area contributed by atoms with Crippen LogP contribution in [0.4, 0.5) is 10.1 Å². The molecule has 3 N–H and O–H groups in total. The maximum atomic E-state index is 14.5. The maximum absolute atomic E-state index is 14.5. The van der Waals surface area contributed by atoms with Gasteiger partial charge in [-0.05, 0) is 29.1 Å². The monoisotopic (exact) mass is 458 g/mol. The molecule has 10 heteroatoms. The summed E-state index contributed by atoms with van der Waals surface area (Å²) >= 11 is 0. The van der Waals surface area contributed by atoms with Crippen LogP contribution in [0, 0.1) is 5.82 Å². The lowest BCUT2D eigenvalue weighted by molar-refractivity contribution is 0.413. The molecule has 1 unspecified atom stereocenters. The number of rotatable bonds is 5. The first-order chi connectivity index (χ1) is 14.8. The highest BCUT2D eigenvalue weighted by atomic mass is 32.2. The number of hydrogen-bond donors (Lipinski definition) is 1. The van der Waals surface area contributed by atoms with Gasteiger partial charge in [0.05, 0.1) is 19.0 Å². The number of fused-ring (bicyclic) bond motifs is 1. The molecule has 0 aliphatic heterocycles. The summed E-state index contributed by atoms with van der Waals surface area (Å²) in [7, 11) is 3.49. The van der Waals surface area contributed by atoms with E-state index in [1.807, 2.05) is 25.4 Å². The number of hydrogen-bond acceptors (Lipinski definition) is 4. The number of ether oxygens (including phenoxy) is 1. The summed E-state index contributed by atoms with van der Waals surface area (Å²) in [6, 6.07) is 8.36. The molecule has 0 saturated carbocycles. The second-order valence-electron chi connectivity index (χ2n) is 7.21.